The molecule has 0 saturated heterocycles. The summed E-state index contributed by atoms with van der Waals surface area (Å²) < 4.78 is 0. The lowest BCUT2D eigenvalue weighted by Crippen LogP contribution is -2.49. The van der Waals surface area contributed by atoms with Crippen LogP contribution in [0.5, 0.6) is 0 Å². The maximum Gasteiger partial charge on any atom is 0.250 e. The molecule has 1 saturated carbocycles. The second-order valence-corrected chi connectivity index (χ2v) is 4.05. The van der Waals surface area contributed by atoms with E-state index in [1.807, 2.05) is 13.8 Å². The van der Waals surface area contributed by atoms with Crippen LogP contribution in [0.3, 0.4) is 0 Å². The molecule has 4 nitrogen and oxygen atoms in total. The van der Waals surface area contributed by atoms with Gasteiger partial charge in [0.25, 0.3) is 5.91 Å². The van der Waals surface area contributed by atoms with E-state index in [-0.39, 0.29) is 17.9 Å². The lowest BCUT2D eigenvalue weighted by atomic mass is 9.99. The van der Waals surface area contributed by atoms with Crippen molar-refractivity contribution in [1.29, 1.82) is 0 Å². The van der Waals surface area contributed by atoms with Crippen molar-refractivity contribution in [2.45, 2.75) is 44.9 Å². The molecule has 0 unspecified atom stereocenters. The molecule has 0 aromatic carbocycles. The largest absolute Gasteiger partial charge is 0.382 e. The monoisotopic (exact) mass is 186 g/mol. The Kier molecular flexibility index (Phi) is 3.27. The number of aliphatic hydroxyl groups excluding tert-OH is 1. The fraction of sp³-hybridized carbons (Fsp3) is 0.889. The molecule has 0 aromatic heterocycles. The molecule has 1 aliphatic carbocycles. The standard InChI is InChI=1S/C9H18N2O2/c1-5(2)7(10)8(12)9(13)11-6-3-4-6/h5-8,12H,3-4,10H2,1-2H3,(H,11,13)/t7-,8+/m0/s1. The van der Waals surface area contributed by atoms with Crippen molar-refractivity contribution in [2.75, 3.05) is 0 Å². The van der Waals surface area contributed by atoms with Crippen LogP contribution < -0.4 is 11.1 Å². The Labute approximate surface area is 78.5 Å². The molecule has 4 N–H and O–H groups in total. The van der Waals surface area contributed by atoms with E-state index in [4.69, 9.17) is 5.73 Å². The number of amides is 1. The summed E-state index contributed by atoms with van der Waals surface area (Å²) in [6, 6.07) is -0.194. The van der Waals surface area contributed by atoms with E-state index in [0.717, 1.165) is 12.8 Å². The third-order valence-electron chi connectivity index (χ3n) is 2.33. The summed E-state index contributed by atoms with van der Waals surface area (Å²) >= 11 is 0. The predicted octanol–water partition coefficient (Wildman–Crippen LogP) is -0.391. The highest BCUT2D eigenvalue weighted by molar-refractivity contribution is 5.81. The van der Waals surface area contributed by atoms with Crippen LogP contribution in [0.2, 0.25) is 0 Å². The van der Waals surface area contributed by atoms with E-state index in [1.54, 1.807) is 0 Å². The van der Waals surface area contributed by atoms with Crippen LogP contribution in [0.15, 0.2) is 0 Å². The van der Waals surface area contributed by atoms with Crippen LogP contribution in [-0.2, 0) is 4.79 Å². The van der Waals surface area contributed by atoms with Gasteiger partial charge in [-0.15, -0.1) is 0 Å². The van der Waals surface area contributed by atoms with E-state index < -0.39 is 12.1 Å². The van der Waals surface area contributed by atoms with Crippen molar-refractivity contribution in [3.05, 3.63) is 0 Å². The van der Waals surface area contributed by atoms with E-state index in [1.165, 1.54) is 0 Å². The summed E-state index contributed by atoms with van der Waals surface area (Å²) in [5.41, 5.74) is 5.65. The Morgan fingerprint density at radius 2 is 2.08 bits per heavy atom. The molecule has 0 bridgehead atoms. The number of aliphatic hydroxyl groups is 1. The molecule has 1 rings (SSSR count). The van der Waals surface area contributed by atoms with Crippen LogP contribution in [-0.4, -0.2) is 29.2 Å². The summed E-state index contributed by atoms with van der Waals surface area (Å²) in [6.07, 6.45) is 0.977. The van der Waals surface area contributed by atoms with Gasteiger partial charge in [-0.2, -0.15) is 0 Å². The van der Waals surface area contributed by atoms with Gasteiger partial charge >= 0.3 is 0 Å². The lowest BCUT2D eigenvalue weighted by molar-refractivity contribution is -0.131. The summed E-state index contributed by atoms with van der Waals surface area (Å²) in [5, 5.41) is 12.2. The smallest absolute Gasteiger partial charge is 0.250 e. The average molecular weight is 186 g/mol. The molecule has 76 valence electrons. The predicted molar refractivity (Wildman–Crippen MR) is 50.0 cm³/mol. The van der Waals surface area contributed by atoms with Gasteiger partial charge in [0.2, 0.25) is 0 Å². The van der Waals surface area contributed by atoms with E-state index >= 15 is 0 Å². The van der Waals surface area contributed by atoms with Crippen LogP contribution in [0.1, 0.15) is 26.7 Å². The van der Waals surface area contributed by atoms with E-state index in [0.29, 0.717) is 0 Å². The van der Waals surface area contributed by atoms with Crippen molar-refractivity contribution < 1.29 is 9.90 Å². The summed E-state index contributed by atoms with van der Waals surface area (Å²) in [4.78, 5) is 11.3. The fourth-order valence-corrected chi connectivity index (χ4v) is 1.05. The van der Waals surface area contributed by atoms with Gasteiger partial charge in [-0.25, -0.2) is 0 Å². The minimum Gasteiger partial charge on any atom is -0.382 e. The summed E-state index contributed by atoms with van der Waals surface area (Å²) in [5.74, 6) is -0.219. The first kappa shape index (κ1) is 10.5. The molecule has 4 heteroatoms. The molecule has 1 amide bonds. The number of rotatable bonds is 4. The van der Waals surface area contributed by atoms with Crippen LogP contribution >= 0.6 is 0 Å². The van der Waals surface area contributed by atoms with Crippen LogP contribution in [0.4, 0.5) is 0 Å². The Morgan fingerprint density at radius 1 is 1.54 bits per heavy atom. The van der Waals surface area contributed by atoms with Gasteiger partial charge in [0.1, 0.15) is 6.10 Å². The van der Waals surface area contributed by atoms with Crippen molar-refractivity contribution >= 4 is 5.91 Å². The van der Waals surface area contributed by atoms with E-state index in [2.05, 4.69) is 5.32 Å². The molecule has 0 aliphatic heterocycles. The molecule has 1 aliphatic rings. The minimum absolute atomic E-state index is 0.111. The number of hydrogen-bond acceptors (Lipinski definition) is 3. The highest BCUT2D eigenvalue weighted by Gasteiger charge is 2.30. The number of carbonyl (C=O) groups excluding carboxylic acids is 1. The zero-order valence-electron chi connectivity index (χ0n) is 8.16. The van der Waals surface area contributed by atoms with Crippen molar-refractivity contribution in [1.82, 2.24) is 5.32 Å². The van der Waals surface area contributed by atoms with Gasteiger partial charge in [0.15, 0.2) is 0 Å². The molecule has 1 fully saturated rings. The number of nitrogens with one attached hydrogen (secondary N) is 1. The van der Waals surface area contributed by atoms with Crippen LogP contribution in [0, 0.1) is 5.92 Å². The number of carbonyl (C=O) groups is 1. The maximum atomic E-state index is 11.3. The zero-order chi connectivity index (χ0) is 10.0. The number of nitrogens with two attached hydrogens (primary N) is 1. The molecular weight excluding hydrogens is 168 g/mol. The molecule has 0 aromatic rings. The molecular formula is C9H18N2O2. The molecule has 2 atom stereocenters. The van der Waals surface area contributed by atoms with Gasteiger partial charge in [0, 0.05) is 12.1 Å². The third-order valence-corrected chi connectivity index (χ3v) is 2.33. The van der Waals surface area contributed by atoms with E-state index in [9.17, 15) is 9.90 Å². The van der Waals surface area contributed by atoms with Gasteiger partial charge in [0.05, 0.1) is 0 Å². The zero-order valence-corrected chi connectivity index (χ0v) is 8.16. The Balaban J connectivity index is 2.35. The SMILES string of the molecule is CC(C)[C@H](N)[C@@H](O)C(=O)NC1CC1. The first-order valence-electron chi connectivity index (χ1n) is 4.76. The maximum absolute atomic E-state index is 11.3. The second kappa shape index (κ2) is 4.07. The Bertz CT molecular complexity index is 190. The quantitative estimate of drug-likeness (QED) is 0.559. The lowest BCUT2D eigenvalue weighted by Gasteiger charge is -2.21. The summed E-state index contributed by atoms with van der Waals surface area (Å²) in [6.45, 7) is 3.77. The first-order chi connectivity index (χ1) is 6.02. The molecule has 13 heavy (non-hydrogen) atoms. The van der Waals surface area contributed by atoms with Crippen molar-refractivity contribution in [3.63, 3.8) is 0 Å². The van der Waals surface area contributed by atoms with Gasteiger partial charge < -0.3 is 16.2 Å². The molecule has 0 heterocycles. The highest BCUT2D eigenvalue weighted by Crippen LogP contribution is 2.19. The molecule has 0 radical (unpaired) electrons. The number of hydrogen-bond donors (Lipinski definition) is 3. The Hall–Kier alpha value is -0.610. The van der Waals surface area contributed by atoms with Crippen LogP contribution in [0.25, 0.3) is 0 Å². The molecule has 0 spiro atoms. The highest BCUT2D eigenvalue weighted by atomic mass is 16.3. The van der Waals surface area contributed by atoms with Crippen molar-refractivity contribution in [2.24, 2.45) is 11.7 Å². The van der Waals surface area contributed by atoms with Crippen molar-refractivity contribution in [3.8, 4) is 0 Å². The normalized spacial score (nSPS) is 21.3. The van der Waals surface area contributed by atoms with Gasteiger partial charge in [-0.05, 0) is 18.8 Å². The minimum atomic E-state index is -1.07. The second-order valence-electron chi connectivity index (χ2n) is 4.05. The van der Waals surface area contributed by atoms with Gasteiger partial charge in [-0.1, -0.05) is 13.8 Å². The third kappa shape index (κ3) is 2.97. The average Bonchev–Trinajstić information content (AvgIpc) is 2.85. The summed E-state index contributed by atoms with van der Waals surface area (Å²) in [7, 11) is 0. The Morgan fingerprint density at radius 3 is 2.46 bits per heavy atom. The first-order valence-corrected chi connectivity index (χ1v) is 4.76. The topological polar surface area (TPSA) is 75.3 Å². The van der Waals surface area contributed by atoms with Gasteiger partial charge in [-0.3, -0.25) is 4.79 Å². The fourth-order valence-electron chi connectivity index (χ4n) is 1.05.